The molecule has 3 heterocycles. The lowest BCUT2D eigenvalue weighted by Gasteiger charge is -2.45. The molecular weight excluding hydrogens is 673 g/mol. The first kappa shape index (κ1) is 38.6. The zero-order valence-corrected chi connectivity index (χ0v) is 35.8. The maximum absolute atomic E-state index is 6.88. The van der Waals surface area contributed by atoms with E-state index in [0.717, 1.165) is 46.2 Å². The number of para-hydroxylation sites is 1. The summed E-state index contributed by atoms with van der Waals surface area (Å²) in [6, 6.07) is 26.0. The van der Waals surface area contributed by atoms with Crippen LogP contribution in [0.1, 0.15) is 130 Å². The van der Waals surface area contributed by atoms with E-state index < -0.39 is 0 Å². The maximum Gasteiger partial charge on any atom is 0.137 e. The van der Waals surface area contributed by atoms with Gasteiger partial charge < -0.3 is 4.74 Å². The average Bonchev–Trinajstić information content (AvgIpc) is 3.58. The summed E-state index contributed by atoms with van der Waals surface area (Å²) < 4.78 is 11.3. The van der Waals surface area contributed by atoms with E-state index >= 15 is 0 Å². The van der Waals surface area contributed by atoms with Gasteiger partial charge in [-0.05, 0) is 108 Å². The number of fused-ring (bicyclic) bond motifs is 3. The molecule has 1 unspecified atom stereocenters. The van der Waals surface area contributed by atoms with E-state index in [0.29, 0.717) is 11.8 Å². The Morgan fingerprint density at radius 2 is 1.36 bits per heavy atom. The van der Waals surface area contributed by atoms with Crippen LogP contribution in [-0.2, 0) is 10.8 Å². The lowest BCUT2D eigenvalue weighted by atomic mass is 9.59. The van der Waals surface area contributed by atoms with Crippen molar-refractivity contribution in [3.05, 3.63) is 119 Å². The van der Waals surface area contributed by atoms with Crippen molar-refractivity contribution in [2.75, 3.05) is 0 Å². The molecule has 288 valence electrons. The fourth-order valence-corrected chi connectivity index (χ4v) is 8.95. The smallest absolute Gasteiger partial charge is 0.137 e. The molecule has 5 heteroatoms. The van der Waals surface area contributed by atoms with E-state index in [1.807, 2.05) is 6.20 Å². The number of ether oxygens (including phenoxy) is 1. The average molecular weight is 735 g/mol. The van der Waals surface area contributed by atoms with Crippen molar-refractivity contribution in [3.8, 4) is 23.0 Å². The summed E-state index contributed by atoms with van der Waals surface area (Å²) in [6.45, 7) is 32.4. The summed E-state index contributed by atoms with van der Waals surface area (Å²) in [7, 11) is 0. The van der Waals surface area contributed by atoms with E-state index in [-0.39, 0.29) is 21.7 Å². The van der Waals surface area contributed by atoms with Crippen LogP contribution < -0.4 is 4.74 Å². The Morgan fingerprint density at radius 1 is 0.673 bits per heavy atom. The van der Waals surface area contributed by atoms with Crippen LogP contribution in [0, 0.1) is 30.6 Å². The molecule has 5 nitrogen and oxygen atoms in total. The molecule has 3 aromatic heterocycles. The van der Waals surface area contributed by atoms with Crippen molar-refractivity contribution in [1.82, 2.24) is 19.3 Å². The zero-order valence-electron chi connectivity index (χ0n) is 35.8. The number of aromatic nitrogens is 4. The number of hydrogen-bond acceptors (Lipinski definition) is 3. The fraction of sp³-hybridized carbons (Fsp3) is 0.440. The van der Waals surface area contributed by atoms with Crippen LogP contribution in [0.3, 0.4) is 0 Å². The van der Waals surface area contributed by atoms with Crippen molar-refractivity contribution in [2.24, 2.45) is 16.7 Å². The third-order valence-corrected chi connectivity index (χ3v) is 11.9. The molecule has 0 amide bonds. The second kappa shape index (κ2) is 13.5. The number of rotatable bonds is 5. The Balaban J connectivity index is 1.35. The minimum absolute atomic E-state index is 0.00299. The van der Waals surface area contributed by atoms with Crippen LogP contribution in [0.5, 0.6) is 11.5 Å². The number of aryl methyl sites for hydroxylation is 1. The highest BCUT2D eigenvalue weighted by Crippen LogP contribution is 2.53. The van der Waals surface area contributed by atoms with Gasteiger partial charge in [0.2, 0.25) is 0 Å². The quantitative estimate of drug-likeness (QED) is 0.166. The summed E-state index contributed by atoms with van der Waals surface area (Å²) in [5, 5.41) is 7.68. The molecule has 0 N–H and O–H groups in total. The number of pyridine rings is 1. The molecule has 0 aliphatic heterocycles. The molecule has 1 aliphatic carbocycles. The van der Waals surface area contributed by atoms with Gasteiger partial charge in [0, 0.05) is 46.3 Å². The molecule has 7 rings (SSSR count). The molecule has 0 spiro atoms. The SMILES string of the molecule is Cc1nn(-c2cc(Oc3ccc4c5ccccc5n(-c5cc(C(C)(C)C)ccn5)c4c3)cc(C(C)(C)C)c2)c(C)c1C1C(C(C)(C)C)=CCC[C@@H]1C(C)(C)C. The number of hydrogen-bond donors (Lipinski definition) is 0. The number of benzene rings is 3. The number of allylic oxidation sites excluding steroid dienone is 2. The van der Waals surface area contributed by atoms with Crippen molar-refractivity contribution >= 4 is 21.8 Å². The Morgan fingerprint density at radius 3 is 2.04 bits per heavy atom. The van der Waals surface area contributed by atoms with E-state index in [9.17, 15) is 0 Å². The van der Waals surface area contributed by atoms with Crippen LogP contribution in [-0.4, -0.2) is 19.3 Å². The molecule has 0 fully saturated rings. The van der Waals surface area contributed by atoms with Crippen LogP contribution in [0.25, 0.3) is 33.3 Å². The maximum atomic E-state index is 6.88. The topological polar surface area (TPSA) is 44.9 Å². The largest absolute Gasteiger partial charge is 0.457 e. The molecular formula is C50H62N4O. The van der Waals surface area contributed by atoms with Gasteiger partial charge in [0.05, 0.1) is 22.4 Å². The minimum atomic E-state index is -0.101. The monoisotopic (exact) mass is 734 g/mol. The standard InChI is InChI=1S/C50H62N4O/c1-31-45(46-40(49(9,10)11)19-17-20-41(46)50(12,13)14)32(2)54(52-31)35-26-34(48(6,7)8)27-37(29-35)55-36-22-23-39-38-18-15-16-21-42(38)53(43(39)30-36)44-28-33(24-25-51-44)47(3,4)5/h15-16,18-19,21-30,41,46H,17,20H2,1-14H3/t41-,46?/m0/s1. The Bertz CT molecular complexity index is 2430. The van der Waals surface area contributed by atoms with Crippen molar-refractivity contribution in [1.29, 1.82) is 0 Å². The third-order valence-electron chi connectivity index (χ3n) is 11.9. The van der Waals surface area contributed by atoms with E-state index in [1.54, 1.807) is 5.57 Å². The van der Waals surface area contributed by atoms with Crippen molar-refractivity contribution in [3.63, 3.8) is 0 Å². The van der Waals surface area contributed by atoms with Gasteiger partial charge in [0.25, 0.3) is 0 Å². The third kappa shape index (κ3) is 7.28. The van der Waals surface area contributed by atoms with E-state index in [2.05, 4.69) is 185 Å². The highest BCUT2D eigenvalue weighted by Gasteiger charge is 2.42. The van der Waals surface area contributed by atoms with Gasteiger partial charge in [0.1, 0.15) is 17.3 Å². The van der Waals surface area contributed by atoms with Crippen molar-refractivity contribution < 1.29 is 4.74 Å². The molecule has 55 heavy (non-hydrogen) atoms. The summed E-state index contributed by atoms with van der Waals surface area (Å²) in [5.74, 6) is 3.33. The minimum Gasteiger partial charge on any atom is -0.457 e. The lowest BCUT2D eigenvalue weighted by molar-refractivity contribution is 0.180. The second-order valence-corrected chi connectivity index (χ2v) is 20.2. The Hall–Kier alpha value is -4.64. The second-order valence-electron chi connectivity index (χ2n) is 20.2. The van der Waals surface area contributed by atoms with E-state index in [4.69, 9.17) is 14.8 Å². The molecule has 6 aromatic rings. The van der Waals surface area contributed by atoms with Crippen LogP contribution in [0.4, 0.5) is 0 Å². The first-order valence-electron chi connectivity index (χ1n) is 20.2. The van der Waals surface area contributed by atoms with Crippen LogP contribution >= 0.6 is 0 Å². The predicted octanol–water partition coefficient (Wildman–Crippen LogP) is 13.9. The zero-order chi connectivity index (χ0) is 39.8. The van der Waals surface area contributed by atoms with Gasteiger partial charge in [-0.25, -0.2) is 9.67 Å². The molecule has 0 radical (unpaired) electrons. The fourth-order valence-electron chi connectivity index (χ4n) is 8.95. The van der Waals surface area contributed by atoms with Gasteiger partial charge in [-0.2, -0.15) is 5.10 Å². The van der Waals surface area contributed by atoms with Gasteiger partial charge in [-0.15, -0.1) is 0 Å². The summed E-state index contributed by atoms with van der Waals surface area (Å²) in [5.41, 5.74) is 11.1. The van der Waals surface area contributed by atoms with E-state index in [1.165, 1.54) is 39.6 Å². The molecule has 2 atom stereocenters. The molecule has 3 aromatic carbocycles. The first-order valence-corrected chi connectivity index (χ1v) is 20.2. The van der Waals surface area contributed by atoms with Crippen molar-refractivity contribution in [2.45, 2.75) is 127 Å². The first-order chi connectivity index (χ1) is 25.6. The summed E-state index contributed by atoms with van der Waals surface area (Å²) in [6.07, 6.45) is 6.79. The van der Waals surface area contributed by atoms with Crippen LogP contribution in [0.15, 0.2) is 90.6 Å². The molecule has 0 saturated heterocycles. The number of nitrogens with zero attached hydrogens (tertiary/aromatic N) is 4. The van der Waals surface area contributed by atoms with Gasteiger partial charge in [0.15, 0.2) is 0 Å². The molecule has 0 saturated carbocycles. The van der Waals surface area contributed by atoms with Crippen LogP contribution in [0.2, 0.25) is 0 Å². The lowest BCUT2D eigenvalue weighted by Crippen LogP contribution is -2.34. The predicted molar refractivity (Wildman–Crippen MR) is 232 cm³/mol. The van der Waals surface area contributed by atoms with Gasteiger partial charge in [-0.1, -0.05) is 113 Å². The summed E-state index contributed by atoms with van der Waals surface area (Å²) in [4.78, 5) is 4.89. The summed E-state index contributed by atoms with van der Waals surface area (Å²) >= 11 is 0. The van der Waals surface area contributed by atoms with Gasteiger partial charge in [-0.3, -0.25) is 4.57 Å². The van der Waals surface area contributed by atoms with Gasteiger partial charge >= 0.3 is 0 Å². The highest BCUT2D eigenvalue weighted by atomic mass is 16.5. The molecule has 0 bridgehead atoms. The molecule has 1 aliphatic rings. The Kier molecular flexibility index (Phi) is 9.50. The Labute approximate surface area is 329 Å². The normalized spacial score (nSPS) is 17.2. The highest BCUT2D eigenvalue weighted by molar-refractivity contribution is 6.09.